The third kappa shape index (κ3) is 3.20. The molecule has 22 heavy (non-hydrogen) atoms. The van der Waals surface area contributed by atoms with Crippen LogP contribution in [0.25, 0.3) is 0 Å². The van der Waals surface area contributed by atoms with Gasteiger partial charge in [-0.3, -0.25) is 0 Å². The number of rotatable bonds is 3. The van der Waals surface area contributed by atoms with Gasteiger partial charge in [0.15, 0.2) is 0 Å². The number of hydrogen-bond acceptors (Lipinski definition) is 5. The Kier molecular flexibility index (Phi) is 4.54. The second kappa shape index (κ2) is 6.42. The quantitative estimate of drug-likeness (QED) is 0.849. The number of piperazine rings is 1. The third-order valence-electron chi connectivity index (χ3n) is 3.99. The first-order chi connectivity index (χ1) is 10.5. The van der Waals surface area contributed by atoms with Gasteiger partial charge >= 0.3 is 0 Å². The molecule has 6 heteroatoms. The van der Waals surface area contributed by atoms with Crippen molar-refractivity contribution in [3.8, 4) is 0 Å². The predicted octanol–water partition coefficient (Wildman–Crippen LogP) is 3.95. The van der Waals surface area contributed by atoms with Gasteiger partial charge in [-0.05, 0) is 24.6 Å². The van der Waals surface area contributed by atoms with E-state index in [0.717, 1.165) is 41.3 Å². The molecule has 1 aromatic heterocycles. The van der Waals surface area contributed by atoms with E-state index in [2.05, 4.69) is 52.9 Å². The normalized spacial score (nSPS) is 15.7. The minimum atomic E-state index is 0.446. The van der Waals surface area contributed by atoms with Crippen LogP contribution in [0.3, 0.4) is 0 Å². The molecule has 2 aromatic rings. The molecule has 4 nitrogen and oxygen atoms in total. The van der Waals surface area contributed by atoms with E-state index in [0.29, 0.717) is 5.92 Å². The SMILES string of the molecule is Cc1ccc(Cl)cc1N1CCN(c2nnc(C(C)C)s2)CC1. The Bertz CT molecular complexity index is 647. The Balaban J connectivity index is 1.68. The molecular weight excluding hydrogens is 316 g/mol. The fraction of sp³-hybridized carbons (Fsp3) is 0.500. The number of benzene rings is 1. The third-order valence-corrected chi connectivity index (χ3v) is 5.51. The highest BCUT2D eigenvalue weighted by Crippen LogP contribution is 2.29. The summed E-state index contributed by atoms with van der Waals surface area (Å²) >= 11 is 7.85. The summed E-state index contributed by atoms with van der Waals surface area (Å²) in [5.41, 5.74) is 2.52. The van der Waals surface area contributed by atoms with E-state index in [9.17, 15) is 0 Å². The summed E-state index contributed by atoms with van der Waals surface area (Å²) in [5, 5.41) is 11.6. The summed E-state index contributed by atoms with van der Waals surface area (Å²) in [4.78, 5) is 4.74. The van der Waals surface area contributed by atoms with Crippen LogP contribution in [0.1, 0.15) is 30.3 Å². The van der Waals surface area contributed by atoms with Crippen LogP contribution in [0.15, 0.2) is 18.2 Å². The molecule has 0 spiro atoms. The standard InChI is InChI=1S/C16H21ClN4S/c1-11(2)15-18-19-16(22-15)21-8-6-20(7-9-21)14-10-13(17)5-4-12(14)3/h4-5,10-11H,6-9H2,1-3H3. The molecule has 0 amide bonds. The zero-order chi connectivity index (χ0) is 15.7. The van der Waals surface area contributed by atoms with E-state index in [-0.39, 0.29) is 0 Å². The maximum atomic E-state index is 6.14. The molecule has 1 aromatic carbocycles. The molecule has 0 saturated carbocycles. The summed E-state index contributed by atoms with van der Waals surface area (Å²) in [6, 6.07) is 6.10. The van der Waals surface area contributed by atoms with Gasteiger partial charge in [0.25, 0.3) is 0 Å². The van der Waals surface area contributed by atoms with E-state index in [1.54, 1.807) is 11.3 Å². The Morgan fingerprint density at radius 2 is 1.77 bits per heavy atom. The molecule has 3 rings (SSSR count). The van der Waals surface area contributed by atoms with Crippen LogP contribution in [0.4, 0.5) is 10.8 Å². The number of halogens is 1. The van der Waals surface area contributed by atoms with E-state index < -0.39 is 0 Å². The van der Waals surface area contributed by atoms with Crippen molar-refractivity contribution in [3.63, 3.8) is 0 Å². The van der Waals surface area contributed by atoms with E-state index in [1.165, 1.54) is 11.3 Å². The second-order valence-electron chi connectivity index (χ2n) is 5.98. The summed E-state index contributed by atoms with van der Waals surface area (Å²) in [7, 11) is 0. The van der Waals surface area contributed by atoms with Crippen molar-refractivity contribution in [3.05, 3.63) is 33.8 Å². The highest BCUT2D eigenvalue weighted by molar-refractivity contribution is 7.15. The van der Waals surface area contributed by atoms with Gasteiger partial charge in [0.1, 0.15) is 5.01 Å². The summed E-state index contributed by atoms with van der Waals surface area (Å²) in [6.07, 6.45) is 0. The van der Waals surface area contributed by atoms with E-state index in [1.807, 2.05) is 6.07 Å². The number of nitrogens with zero attached hydrogens (tertiary/aromatic N) is 4. The van der Waals surface area contributed by atoms with Gasteiger partial charge in [0.05, 0.1) is 0 Å². The predicted molar refractivity (Wildman–Crippen MR) is 94.6 cm³/mol. The molecule has 1 saturated heterocycles. The monoisotopic (exact) mass is 336 g/mol. The largest absolute Gasteiger partial charge is 0.368 e. The molecule has 1 aliphatic heterocycles. The Morgan fingerprint density at radius 3 is 2.41 bits per heavy atom. The molecule has 118 valence electrons. The first-order valence-electron chi connectivity index (χ1n) is 7.64. The molecule has 0 bridgehead atoms. The van der Waals surface area contributed by atoms with E-state index >= 15 is 0 Å². The lowest BCUT2D eigenvalue weighted by Crippen LogP contribution is -2.46. The average molecular weight is 337 g/mol. The maximum Gasteiger partial charge on any atom is 0.208 e. The fourth-order valence-corrected chi connectivity index (χ4v) is 3.71. The van der Waals surface area contributed by atoms with Gasteiger partial charge in [-0.25, -0.2) is 0 Å². The van der Waals surface area contributed by atoms with Gasteiger partial charge in [-0.15, -0.1) is 10.2 Å². The van der Waals surface area contributed by atoms with Crippen molar-refractivity contribution >= 4 is 33.8 Å². The van der Waals surface area contributed by atoms with Gasteiger partial charge < -0.3 is 9.80 Å². The van der Waals surface area contributed by atoms with Crippen LogP contribution >= 0.6 is 22.9 Å². The van der Waals surface area contributed by atoms with Gasteiger partial charge in [-0.2, -0.15) is 0 Å². The van der Waals surface area contributed by atoms with Crippen molar-refractivity contribution in [1.29, 1.82) is 0 Å². The number of aromatic nitrogens is 2. The number of hydrogen-bond donors (Lipinski definition) is 0. The van der Waals surface area contributed by atoms with Gasteiger partial charge in [0.2, 0.25) is 5.13 Å². The van der Waals surface area contributed by atoms with Crippen LogP contribution in [-0.2, 0) is 0 Å². The lowest BCUT2D eigenvalue weighted by molar-refractivity contribution is 0.648. The molecule has 0 N–H and O–H groups in total. The summed E-state index contributed by atoms with van der Waals surface area (Å²) < 4.78 is 0. The molecule has 1 fully saturated rings. The zero-order valence-electron chi connectivity index (χ0n) is 13.2. The van der Waals surface area contributed by atoms with Crippen LogP contribution in [0.5, 0.6) is 0 Å². The lowest BCUT2D eigenvalue weighted by Gasteiger charge is -2.36. The van der Waals surface area contributed by atoms with Crippen LogP contribution < -0.4 is 9.80 Å². The summed E-state index contributed by atoms with van der Waals surface area (Å²) in [6.45, 7) is 10.4. The van der Waals surface area contributed by atoms with Gasteiger partial charge in [0, 0.05) is 42.8 Å². The number of aryl methyl sites for hydroxylation is 1. The molecular formula is C16H21ClN4S. The Hall–Kier alpha value is -1.33. The first kappa shape index (κ1) is 15.6. The minimum absolute atomic E-state index is 0.446. The smallest absolute Gasteiger partial charge is 0.208 e. The van der Waals surface area contributed by atoms with Crippen molar-refractivity contribution in [2.45, 2.75) is 26.7 Å². The van der Waals surface area contributed by atoms with Crippen molar-refractivity contribution < 1.29 is 0 Å². The molecule has 2 heterocycles. The van der Waals surface area contributed by atoms with Crippen LogP contribution in [-0.4, -0.2) is 36.4 Å². The molecule has 0 aliphatic carbocycles. The highest BCUT2D eigenvalue weighted by Gasteiger charge is 2.21. The maximum absolute atomic E-state index is 6.14. The molecule has 1 aliphatic rings. The fourth-order valence-electron chi connectivity index (χ4n) is 2.65. The average Bonchev–Trinajstić information content (AvgIpc) is 3.00. The van der Waals surface area contributed by atoms with Crippen molar-refractivity contribution in [1.82, 2.24) is 10.2 Å². The van der Waals surface area contributed by atoms with Crippen molar-refractivity contribution in [2.75, 3.05) is 36.0 Å². The van der Waals surface area contributed by atoms with Crippen LogP contribution in [0, 0.1) is 6.92 Å². The van der Waals surface area contributed by atoms with Crippen molar-refractivity contribution in [2.24, 2.45) is 0 Å². The lowest BCUT2D eigenvalue weighted by atomic mass is 10.1. The minimum Gasteiger partial charge on any atom is -0.368 e. The Labute approximate surface area is 140 Å². The zero-order valence-corrected chi connectivity index (χ0v) is 14.8. The Morgan fingerprint density at radius 1 is 1.09 bits per heavy atom. The number of anilines is 2. The molecule has 0 unspecified atom stereocenters. The summed E-state index contributed by atoms with van der Waals surface area (Å²) in [5.74, 6) is 0.446. The molecule has 0 atom stereocenters. The second-order valence-corrected chi connectivity index (χ2v) is 7.41. The topological polar surface area (TPSA) is 32.3 Å². The highest BCUT2D eigenvalue weighted by atomic mass is 35.5. The molecule has 0 radical (unpaired) electrons. The van der Waals surface area contributed by atoms with E-state index in [4.69, 9.17) is 11.6 Å². The first-order valence-corrected chi connectivity index (χ1v) is 8.83. The van der Waals surface area contributed by atoms with Gasteiger partial charge in [-0.1, -0.05) is 42.9 Å². The van der Waals surface area contributed by atoms with Crippen LogP contribution in [0.2, 0.25) is 5.02 Å².